The van der Waals surface area contributed by atoms with Crippen LogP contribution in [0.15, 0.2) is 48.5 Å². The van der Waals surface area contributed by atoms with Gasteiger partial charge in [-0.15, -0.1) is 0 Å². The number of rotatable bonds is 3. The van der Waals surface area contributed by atoms with Crippen LogP contribution in [0.5, 0.6) is 11.5 Å². The number of benzene rings is 2. The van der Waals surface area contributed by atoms with E-state index in [2.05, 4.69) is 11.0 Å². The van der Waals surface area contributed by atoms with E-state index >= 15 is 0 Å². The van der Waals surface area contributed by atoms with E-state index in [-0.39, 0.29) is 24.5 Å². The van der Waals surface area contributed by atoms with E-state index in [1.165, 1.54) is 0 Å². The minimum atomic E-state index is -0.644. The molecule has 2 saturated heterocycles. The zero-order chi connectivity index (χ0) is 22.8. The molecule has 8 nitrogen and oxygen atoms in total. The third kappa shape index (κ3) is 4.24. The average Bonchev–Trinajstić information content (AvgIpc) is 2.88. The molecule has 2 amide bonds. The Morgan fingerprint density at radius 3 is 2.42 bits per heavy atom. The number of hydrogen-bond donors (Lipinski definition) is 0. The van der Waals surface area contributed by atoms with Gasteiger partial charge < -0.3 is 19.3 Å². The smallest absolute Gasteiger partial charge is 0.267 e. The first-order valence-electron chi connectivity index (χ1n) is 11.4. The van der Waals surface area contributed by atoms with Gasteiger partial charge in [-0.3, -0.25) is 14.5 Å². The van der Waals surface area contributed by atoms with Crippen molar-refractivity contribution in [3.05, 3.63) is 54.1 Å². The van der Waals surface area contributed by atoms with Crippen molar-refractivity contribution in [2.45, 2.75) is 25.0 Å². The minimum absolute atomic E-state index is 0.0710. The summed E-state index contributed by atoms with van der Waals surface area (Å²) >= 11 is 0. The number of anilines is 1. The largest absolute Gasteiger partial charge is 0.485 e. The summed E-state index contributed by atoms with van der Waals surface area (Å²) < 4.78 is 11.6. The Hall–Kier alpha value is -3.57. The van der Waals surface area contributed by atoms with E-state index < -0.39 is 6.10 Å². The predicted molar refractivity (Wildman–Crippen MR) is 121 cm³/mol. The fraction of sp³-hybridized carbons (Fsp3) is 0.400. The molecule has 0 saturated carbocycles. The Morgan fingerprint density at radius 1 is 0.970 bits per heavy atom. The maximum Gasteiger partial charge on any atom is 0.267 e. The van der Waals surface area contributed by atoms with Crippen LogP contribution < -0.4 is 14.4 Å². The van der Waals surface area contributed by atoms with Gasteiger partial charge in [0.2, 0.25) is 12.0 Å². The quantitative estimate of drug-likeness (QED) is 0.717. The minimum Gasteiger partial charge on any atom is -0.485 e. The molecule has 0 aliphatic carbocycles. The molecule has 8 heteroatoms. The Balaban J connectivity index is 1.19. The first-order chi connectivity index (χ1) is 16.1. The first-order valence-corrected chi connectivity index (χ1v) is 11.4. The maximum absolute atomic E-state index is 13.3. The zero-order valence-electron chi connectivity index (χ0n) is 18.4. The number of piperidine rings is 1. The number of nitrogens with zero attached hydrogens (tertiary/aromatic N) is 4. The van der Waals surface area contributed by atoms with Crippen molar-refractivity contribution in [2.75, 3.05) is 44.2 Å². The van der Waals surface area contributed by atoms with Gasteiger partial charge in [-0.25, -0.2) is 0 Å². The highest BCUT2D eigenvalue weighted by molar-refractivity contribution is 5.98. The highest BCUT2D eigenvalue weighted by atomic mass is 16.6. The summed E-state index contributed by atoms with van der Waals surface area (Å²) in [5, 5.41) is 9.01. The number of carbonyl (C=O) groups is 2. The third-order valence-corrected chi connectivity index (χ3v) is 6.57. The molecule has 2 unspecified atom stereocenters. The molecule has 3 heterocycles. The Bertz CT molecular complexity index is 1070. The first kappa shape index (κ1) is 21.3. The average molecular weight is 447 g/mol. The van der Waals surface area contributed by atoms with Gasteiger partial charge >= 0.3 is 0 Å². The number of amides is 2. The van der Waals surface area contributed by atoms with E-state index in [1.54, 1.807) is 18.2 Å². The van der Waals surface area contributed by atoms with Crippen LogP contribution in [0.25, 0.3) is 0 Å². The van der Waals surface area contributed by atoms with Crippen LogP contribution in [0.3, 0.4) is 0 Å². The number of para-hydroxylation sites is 2. The van der Waals surface area contributed by atoms with Crippen molar-refractivity contribution in [1.29, 1.82) is 5.26 Å². The topological polar surface area (TPSA) is 86.1 Å². The van der Waals surface area contributed by atoms with Gasteiger partial charge in [-0.2, -0.15) is 5.26 Å². The Kier molecular flexibility index (Phi) is 5.88. The summed E-state index contributed by atoms with van der Waals surface area (Å²) in [6, 6.07) is 16.4. The number of fused-ring (bicyclic) bond motifs is 1. The standard InChI is InChI=1S/C25H26N4O4/c26-16-18-7-9-19(10-8-18)29-11-3-4-20(24(29)30)27-12-14-28(15-13-27)25(31)23-17-32-21-5-1-2-6-22(21)33-23/h1-2,5-10,20,23H,3-4,11-15,17H2. The Morgan fingerprint density at radius 2 is 1.70 bits per heavy atom. The van der Waals surface area contributed by atoms with Crippen molar-refractivity contribution in [3.8, 4) is 17.6 Å². The summed E-state index contributed by atoms with van der Waals surface area (Å²) in [7, 11) is 0. The normalized spacial score (nSPS) is 23.2. The Labute approximate surface area is 192 Å². The van der Waals surface area contributed by atoms with Crippen LogP contribution in [0, 0.1) is 11.3 Å². The molecular weight excluding hydrogens is 420 g/mol. The molecular formula is C25H26N4O4. The van der Waals surface area contributed by atoms with Crippen molar-refractivity contribution in [2.24, 2.45) is 0 Å². The zero-order valence-corrected chi connectivity index (χ0v) is 18.4. The van der Waals surface area contributed by atoms with Gasteiger partial charge in [0.05, 0.1) is 17.7 Å². The predicted octanol–water partition coefficient (Wildman–Crippen LogP) is 2.04. The molecule has 170 valence electrons. The SMILES string of the molecule is N#Cc1ccc(N2CCCC(N3CCN(C(=O)C4COc5ccccc5O4)CC3)C2=O)cc1. The molecule has 0 spiro atoms. The second-order valence-electron chi connectivity index (χ2n) is 8.53. The second kappa shape index (κ2) is 9.12. The number of ether oxygens (including phenoxy) is 2. The van der Waals surface area contributed by atoms with Crippen LogP contribution in [0.2, 0.25) is 0 Å². The summed E-state index contributed by atoms with van der Waals surface area (Å²) in [6.07, 6.45) is 1.09. The van der Waals surface area contributed by atoms with Gasteiger partial charge in [-0.1, -0.05) is 12.1 Å². The summed E-state index contributed by atoms with van der Waals surface area (Å²) in [6.45, 7) is 3.29. The summed E-state index contributed by atoms with van der Waals surface area (Å²) in [4.78, 5) is 32.1. The van der Waals surface area contributed by atoms with Gasteiger partial charge in [0.25, 0.3) is 5.91 Å². The van der Waals surface area contributed by atoms with E-state index in [0.29, 0.717) is 49.8 Å². The summed E-state index contributed by atoms with van der Waals surface area (Å²) in [5.41, 5.74) is 1.41. The summed E-state index contributed by atoms with van der Waals surface area (Å²) in [5.74, 6) is 1.27. The lowest BCUT2D eigenvalue weighted by Crippen LogP contribution is -2.60. The molecule has 33 heavy (non-hydrogen) atoms. The number of piperazine rings is 1. The molecule has 3 aliphatic rings. The van der Waals surface area contributed by atoms with Crippen LogP contribution in [-0.2, 0) is 9.59 Å². The van der Waals surface area contributed by atoms with Gasteiger partial charge in [-0.05, 0) is 49.2 Å². The lowest BCUT2D eigenvalue weighted by atomic mass is 10.0. The number of carbonyl (C=O) groups excluding carboxylic acids is 2. The van der Waals surface area contributed by atoms with E-state index in [1.807, 2.05) is 40.1 Å². The number of hydrogen-bond acceptors (Lipinski definition) is 6. The molecule has 2 aromatic rings. The molecule has 0 bridgehead atoms. The van der Waals surface area contributed by atoms with Crippen LogP contribution in [-0.4, -0.2) is 73.1 Å². The molecule has 2 fully saturated rings. The fourth-order valence-corrected chi connectivity index (χ4v) is 4.77. The van der Waals surface area contributed by atoms with E-state index in [9.17, 15) is 9.59 Å². The van der Waals surface area contributed by atoms with Gasteiger partial charge in [0.1, 0.15) is 6.61 Å². The fourth-order valence-electron chi connectivity index (χ4n) is 4.77. The molecule has 0 radical (unpaired) electrons. The highest BCUT2D eigenvalue weighted by Gasteiger charge is 2.38. The molecule has 0 aromatic heterocycles. The molecule has 3 aliphatic heterocycles. The highest BCUT2D eigenvalue weighted by Crippen LogP contribution is 2.31. The van der Waals surface area contributed by atoms with Crippen molar-refractivity contribution < 1.29 is 19.1 Å². The molecule has 5 rings (SSSR count). The van der Waals surface area contributed by atoms with Crippen LogP contribution >= 0.6 is 0 Å². The molecule has 2 atom stereocenters. The van der Waals surface area contributed by atoms with Crippen LogP contribution in [0.4, 0.5) is 5.69 Å². The van der Waals surface area contributed by atoms with Crippen LogP contribution in [0.1, 0.15) is 18.4 Å². The van der Waals surface area contributed by atoms with Gasteiger partial charge in [0.15, 0.2) is 11.5 Å². The molecule has 0 N–H and O–H groups in total. The van der Waals surface area contributed by atoms with Crippen molar-refractivity contribution in [1.82, 2.24) is 9.80 Å². The van der Waals surface area contributed by atoms with E-state index in [0.717, 1.165) is 18.5 Å². The third-order valence-electron chi connectivity index (χ3n) is 6.57. The lowest BCUT2D eigenvalue weighted by molar-refractivity contribution is -0.143. The van der Waals surface area contributed by atoms with Crippen molar-refractivity contribution >= 4 is 17.5 Å². The maximum atomic E-state index is 13.3. The van der Waals surface area contributed by atoms with Gasteiger partial charge in [0, 0.05) is 38.4 Å². The number of nitriles is 1. The molecule has 2 aromatic carbocycles. The monoisotopic (exact) mass is 446 g/mol. The second-order valence-corrected chi connectivity index (χ2v) is 8.53. The van der Waals surface area contributed by atoms with E-state index in [4.69, 9.17) is 14.7 Å². The lowest BCUT2D eigenvalue weighted by Gasteiger charge is -2.43. The van der Waals surface area contributed by atoms with Crippen molar-refractivity contribution in [3.63, 3.8) is 0 Å².